The van der Waals surface area contributed by atoms with E-state index in [0.717, 1.165) is 5.39 Å². The molecule has 1 aliphatic heterocycles. The first kappa shape index (κ1) is 17.2. The Hall–Kier alpha value is -3.19. The fourth-order valence-electron chi connectivity index (χ4n) is 2.85. The van der Waals surface area contributed by atoms with Gasteiger partial charge in [-0.25, -0.2) is 0 Å². The van der Waals surface area contributed by atoms with Crippen molar-refractivity contribution in [2.24, 2.45) is 0 Å². The van der Waals surface area contributed by atoms with Crippen molar-refractivity contribution >= 4 is 34.4 Å². The van der Waals surface area contributed by atoms with Gasteiger partial charge in [0.05, 0.1) is 5.02 Å². The van der Waals surface area contributed by atoms with Crippen LogP contribution in [0.1, 0.15) is 26.5 Å². The predicted molar refractivity (Wildman–Crippen MR) is 98.3 cm³/mol. The van der Waals surface area contributed by atoms with E-state index in [9.17, 15) is 9.59 Å². The van der Waals surface area contributed by atoms with E-state index in [1.165, 1.54) is 0 Å². The molecule has 0 unspecified atom stereocenters. The van der Waals surface area contributed by atoms with Crippen molar-refractivity contribution in [1.29, 1.82) is 0 Å². The maximum Gasteiger partial charge on any atom is 0.305 e. The number of hydrogen-bond acceptors (Lipinski definition) is 5. The lowest BCUT2D eigenvalue weighted by molar-refractivity contribution is 0.0831. The van der Waals surface area contributed by atoms with Crippen molar-refractivity contribution < 1.29 is 23.5 Å². The fraction of sp³-hybridized carbons (Fsp3) is 0.158. The van der Waals surface area contributed by atoms with Gasteiger partial charge in [-0.2, -0.15) is 0 Å². The Kier molecular flexibility index (Phi) is 4.37. The molecular formula is C19H15ClN2O5. The number of aryl methyl sites for hydroxylation is 1. The molecule has 0 aliphatic carbocycles. The third kappa shape index (κ3) is 3.17. The summed E-state index contributed by atoms with van der Waals surface area (Å²) in [6.07, 6.45) is 0. The number of nitrogens with one attached hydrogen (secondary N) is 2. The summed E-state index contributed by atoms with van der Waals surface area (Å²) >= 11 is 6.10. The summed E-state index contributed by atoms with van der Waals surface area (Å²) < 4.78 is 16.4. The second-order valence-corrected chi connectivity index (χ2v) is 6.35. The molecule has 0 atom stereocenters. The summed E-state index contributed by atoms with van der Waals surface area (Å²) in [6, 6.07) is 10.1. The highest BCUT2D eigenvalue weighted by atomic mass is 35.5. The topological polar surface area (TPSA) is 89.8 Å². The highest BCUT2D eigenvalue weighted by molar-refractivity contribution is 6.35. The number of halogens is 1. The molecule has 0 saturated heterocycles. The van der Waals surface area contributed by atoms with Crippen LogP contribution in [0.4, 0.5) is 0 Å². The summed E-state index contributed by atoms with van der Waals surface area (Å²) in [7, 11) is 0. The highest BCUT2D eigenvalue weighted by Crippen LogP contribution is 2.31. The first-order valence-electron chi connectivity index (χ1n) is 8.22. The molecule has 0 saturated carbocycles. The Balaban J connectivity index is 1.49. The molecule has 0 spiro atoms. The molecule has 3 aromatic rings. The van der Waals surface area contributed by atoms with Gasteiger partial charge in [0.25, 0.3) is 5.91 Å². The van der Waals surface area contributed by atoms with Crippen LogP contribution in [0.15, 0.2) is 40.8 Å². The molecule has 7 nitrogen and oxygen atoms in total. The van der Waals surface area contributed by atoms with Gasteiger partial charge in [-0.05, 0) is 31.2 Å². The molecule has 0 fully saturated rings. The number of benzene rings is 2. The third-order valence-electron chi connectivity index (χ3n) is 4.22. The Morgan fingerprint density at radius 1 is 1.00 bits per heavy atom. The van der Waals surface area contributed by atoms with E-state index in [1.807, 2.05) is 6.07 Å². The van der Waals surface area contributed by atoms with Crippen molar-refractivity contribution in [3.05, 3.63) is 58.3 Å². The average Bonchev–Trinajstić information content (AvgIpc) is 3.03. The molecule has 2 amide bonds. The van der Waals surface area contributed by atoms with Gasteiger partial charge < -0.3 is 13.9 Å². The second kappa shape index (κ2) is 6.85. The van der Waals surface area contributed by atoms with E-state index in [-0.39, 0.29) is 5.76 Å². The summed E-state index contributed by atoms with van der Waals surface area (Å²) in [4.78, 5) is 24.7. The third-order valence-corrected chi connectivity index (χ3v) is 4.51. The molecule has 138 valence electrons. The fourth-order valence-corrected chi connectivity index (χ4v) is 3.07. The normalized spacial score (nSPS) is 12.7. The number of hydrogen-bond donors (Lipinski definition) is 2. The van der Waals surface area contributed by atoms with Crippen LogP contribution in [-0.2, 0) is 0 Å². The number of fused-ring (bicyclic) bond motifs is 2. The number of hydrazine groups is 1. The van der Waals surface area contributed by atoms with Crippen molar-refractivity contribution in [2.45, 2.75) is 6.92 Å². The minimum atomic E-state index is -0.578. The minimum Gasteiger partial charge on any atom is -0.486 e. The summed E-state index contributed by atoms with van der Waals surface area (Å²) in [5.41, 5.74) is 6.10. The number of ether oxygens (including phenoxy) is 2. The van der Waals surface area contributed by atoms with Crippen LogP contribution in [-0.4, -0.2) is 25.0 Å². The predicted octanol–water partition coefficient (Wildman–Crippen LogP) is 3.24. The van der Waals surface area contributed by atoms with Crippen molar-refractivity contribution in [2.75, 3.05) is 13.2 Å². The zero-order valence-electron chi connectivity index (χ0n) is 14.3. The van der Waals surface area contributed by atoms with Crippen LogP contribution in [0, 0.1) is 6.92 Å². The Labute approximate surface area is 159 Å². The molecule has 0 radical (unpaired) electrons. The summed E-state index contributed by atoms with van der Waals surface area (Å²) in [5.74, 6) is 0.0815. The number of para-hydroxylation sites is 1. The van der Waals surface area contributed by atoms with Crippen LogP contribution in [0.3, 0.4) is 0 Å². The largest absolute Gasteiger partial charge is 0.486 e. The molecule has 0 bridgehead atoms. The maximum absolute atomic E-state index is 12.4. The Morgan fingerprint density at radius 2 is 1.74 bits per heavy atom. The van der Waals surface area contributed by atoms with Gasteiger partial charge >= 0.3 is 5.91 Å². The van der Waals surface area contributed by atoms with Crippen LogP contribution >= 0.6 is 11.6 Å². The molecule has 27 heavy (non-hydrogen) atoms. The molecule has 1 aliphatic rings. The molecule has 2 aromatic carbocycles. The minimum absolute atomic E-state index is 0.0839. The molecule has 1 aromatic heterocycles. The zero-order chi connectivity index (χ0) is 19.0. The summed E-state index contributed by atoms with van der Waals surface area (Å²) in [5, 5.41) is 1.15. The zero-order valence-corrected chi connectivity index (χ0v) is 15.1. The quantitative estimate of drug-likeness (QED) is 0.660. The van der Waals surface area contributed by atoms with Gasteiger partial charge in [0.2, 0.25) is 0 Å². The van der Waals surface area contributed by atoms with Crippen molar-refractivity contribution in [1.82, 2.24) is 10.9 Å². The van der Waals surface area contributed by atoms with Gasteiger partial charge in [0.15, 0.2) is 22.8 Å². The van der Waals surface area contributed by atoms with Crippen molar-refractivity contribution in [3.8, 4) is 11.5 Å². The number of carbonyl (C=O) groups is 2. The smallest absolute Gasteiger partial charge is 0.305 e. The molecule has 2 heterocycles. The number of amides is 2. The monoisotopic (exact) mass is 386 g/mol. The molecule has 8 heteroatoms. The Bertz CT molecular complexity index is 1060. The van der Waals surface area contributed by atoms with Gasteiger partial charge in [0, 0.05) is 16.5 Å². The van der Waals surface area contributed by atoms with E-state index in [4.69, 9.17) is 25.5 Å². The van der Waals surface area contributed by atoms with E-state index < -0.39 is 11.8 Å². The number of furan rings is 1. The number of carbonyl (C=O) groups excluding carboxylic acids is 2. The highest BCUT2D eigenvalue weighted by Gasteiger charge is 2.20. The van der Waals surface area contributed by atoms with Crippen LogP contribution in [0.2, 0.25) is 5.02 Å². The maximum atomic E-state index is 12.4. The summed E-state index contributed by atoms with van der Waals surface area (Å²) in [6.45, 7) is 2.64. The van der Waals surface area contributed by atoms with Gasteiger partial charge in [-0.1, -0.05) is 23.7 Å². The average molecular weight is 387 g/mol. The lowest BCUT2D eigenvalue weighted by atomic mass is 10.1. The van der Waals surface area contributed by atoms with E-state index in [1.54, 1.807) is 37.3 Å². The van der Waals surface area contributed by atoms with E-state index in [0.29, 0.717) is 46.4 Å². The van der Waals surface area contributed by atoms with E-state index in [2.05, 4.69) is 10.9 Å². The Morgan fingerprint density at radius 3 is 2.52 bits per heavy atom. The number of rotatable bonds is 2. The van der Waals surface area contributed by atoms with Crippen LogP contribution < -0.4 is 20.3 Å². The molecule has 4 rings (SSSR count). The lowest BCUT2D eigenvalue weighted by Crippen LogP contribution is -2.41. The SMILES string of the molecule is Cc1c(C(=O)NNC(=O)c2ccc3c(c2)OCCO3)oc2c(Cl)cccc12. The first-order valence-corrected chi connectivity index (χ1v) is 8.60. The second-order valence-electron chi connectivity index (χ2n) is 5.94. The van der Waals surface area contributed by atoms with Gasteiger partial charge in [-0.3, -0.25) is 20.4 Å². The lowest BCUT2D eigenvalue weighted by Gasteiger charge is -2.18. The molecule has 2 N–H and O–H groups in total. The first-order chi connectivity index (χ1) is 13.0. The van der Waals surface area contributed by atoms with E-state index >= 15 is 0 Å². The molecular weight excluding hydrogens is 372 g/mol. The van der Waals surface area contributed by atoms with Gasteiger partial charge in [-0.15, -0.1) is 0 Å². The van der Waals surface area contributed by atoms with Crippen molar-refractivity contribution in [3.63, 3.8) is 0 Å². The van der Waals surface area contributed by atoms with Gasteiger partial charge in [0.1, 0.15) is 13.2 Å². The standard InChI is InChI=1S/C19H15ClN2O5/c1-10-12-3-2-4-13(20)17(12)27-16(10)19(24)22-21-18(23)11-5-6-14-15(9-11)26-8-7-25-14/h2-6,9H,7-8H2,1H3,(H,21,23)(H,22,24). The van der Waals surface area contributed by atoms with Crippen LogP contribution in [0.5, 0.6) is 11.5 Å². The van der Waals surface area contributed by atoms with Crippen LogP contribution in [0.25, 0.3) is 11.0 Å².